The summed E-state index contributed by atoms with van der Waals surface area (Å²) in [5.74, 6) is -0.747. The predicted octanol–water partition coefficient (Wildman–Crippen LogP) is 2.96. The van der Waals surface area contributed by atoms with Gasteiger partial charge in [0.25, 0.3) is 0 Å². The van der Waals surface area contributed by atoms with Crippen molar-refractivity contribution in [2.45, 2.75) is 26.3 Å². The molecule has 0 spiro atoms. The third kappa shape index (κ3) is 3.57. The lowest BCUT2D eigenvalue weighted by atomic mass is 9.79. The molecule has 1 N–H and O–H groups in total. The molecule has 116 valence electrons. The number of methoxy groups -OCH3 is 1. The van der Waals surface area contributed by atoms with E-state index in [9.17, 15) is 9.90 Å². The fourth-order valence-corrected chi connectivity index (χ4v) is 3.09. The smallest absolute Gasteiger partial charge is 0.312 e. The van der Waals surface area contributed by atoms with Crippen LogP contribution in [0.4, 0.5) is 0 Å². The number of nitrogens with zero attached hydrogens (tertiary/aromatic N) is 1. The maximum Gasteiger partial charge on any atom is 0.312 e. The fraction of sp³-hybridized carbons (Fsp3) is 0.562. The Balaban J connectivity index is 2.01. The van der Waals surface area contributed by atoms with Crippen LogP contribution in [0.3, 0.4) is 0 Å². The summed E-state index contributed by atoms with van der Waals surface area (Å²) in [7, 11) is 1.56. The molecular formula is C16H22ClNO3. The first-order valence-corrected chi connectivity index (χ1v) is 7.55. The largest absolute Gasteiger partial charge is 0.481 e. The van der Waals surface area contributed by atoms with Crippen LogP contribution in [-0.2, 0) is 16.1 Å². The average molecular weight is 312 g/mol. The molecule has 0 aliphatic carbocycles. The van der Waals surface area contributed by atoms with E-state index in [1.54, 1.807) is 7.11 Å². The number of carbonyl (C=O) groups is 1. The molecule has 0 aromatic heterocycles. The Hall–Kier alpha value is -1.10. The van der Waals surface area contributed by atoms with Crippen molar-refractivity contribution < 1.29 is 14.6 Å². The highest BCUT2D eigenvalue weighted by Gasteiger charge is 2.41. The number of hydrogen-bond acceptors (Lipinski definition) is 3. The number of rotatable bonds is 5. The van der Waals surface area contributed by atoms with Crippen molar-refractivity contribution in [3.63, 3.8) is 0 Å². The molecule has 1 saturated heterocycles. The van der Waals surface area contributed by atoms with E-state index in [1.165, 1.54) is 5.56 Å². The summed E-state index contributed by atoms with van der Waals surface area (Å²) in [4.78, 5) is 13.8. The molecule has 0 amide bonds. The van der Waals surface area contributed by atoms with E-state index in [0.29, 0.717) is 12.8 Å². The van der Waals surface area contributed by atoms with Gasteiger partial charge in [0.2, 0.25) is 0 Å². The van der Waals surface area contributed by atoms with Gasteiger partial charge in [-0.2, -0.15) is 0 Å². The molecule has 1 aromatic rings. The molecule has 5 heteroatoms. The number of ether oxygens (including phenoxy) is 1. The second kappa shape index (κ2) is 6.77. The zero-order valence-corrected chi connectivity index (χ0v) is 13.3. The molecular weight excluding hydrogens is 290 g/mol. The van der Waals surface area contributed by atoms with Gasteiger partial charge in [-0.05, 0) is 50.0 Å². The number of piperidine rings is 1. The van der Waals surface area contributed by atoms with Crippen LogP contribution in [0.5, 0.6) is 0 Å². The molecule has 0 bridgehead atoms. The van der Waals surface area contributed by atoms with Crippen LogP contribution in [0.15, 0.2) is 18.2 Å². The minimum atomic E-state index is -0.747. The van der Waals surface area contributed by atoms with Gasteiger partial charge in [0.15, 0.2) is 0 Å². The molecule has 0 unspecified atom stereocenters. The van der Waals surface area contributed by atoms with Crippen molar-refractivity contribution >= 4 is 17.6 Å². The Morgan fingerprint density at radius 2 is 2.10 bits per heavy atom. The van der Waals surface area contributed by atoms with E-state index in [-0.39, 0.29) is 6.61 Å². The standard InChI is InChI=1S/C16H22ClNO3/c1-12-13(4-3-5-14(12)17)10-18-8-6-16(7-9-18,11-21-2)15(19)20/h3-5H,6-11H2,1-2H3,(H,19,20). The van der Waals surface area contributed by atoms with Gasteiger partial charge >= 0.3 is 5.97 Å². The minimum Gasteiger partial charge on any atom is -0.481 e. The number of halogens is 1. The van der Waals surface area contributed by atoms with E-state index in [1.807, 2.05) is 19.1 Å². The Bertz CT molecular complexity index is 510. The molecule has 4 nitrogen and oxygen atoms in total. The fourth-order valence-electron chi connectivity index (χ4n) is 2.90. The molecule has 0 atom stereocenters. The zero-order valence-electron chi connectivity index (χ0n) is 12.6. The molecule has 0 radical (unpaired) electrons. The second-order valence-electron chi connectivity index (χ2n) is 5.82. The molecule has 1 heterocycles. The lowest BCUT2D eigenvalue weighted by Gasteiger charge is -2.38. The quantitative estimate of drug-likeness (QED) is 0.908. The number of benzene rings is 1. The van der Waals surface area contributed by atoms with Crippen LogP contribution in [0, 0.1) is 12.3 Å². The average Bonchev–Trinajstić information content (AvgIpc) is 2.46. The molecule has 1 aliphatic heterocycles. The van der Waals surface area contributed by atoms with Crippen LogP contribution < -0.4 is 0 Å². The van der Waals surface area contributed by atoms with Crippen molar-refractivity contribution in [2.24, 2.45) is 5.41 Å². The number of likely N-dealkylation sites (tertiary alicyclic amines) is 1. The lowest BCUT2D eigenvalue weighted by Crippen LogP contribution is -2.46. The summed E-state index contributed by atoms with van der Waals surface area (Å²) >= 11 is 6.15. The second-order valence-corrected chi connectivity index (χ2v) is 6.23. The SMILES string of the molecule is COCC1(C(=O)O)CCN(Cc2cccc(Cl)c2C)CC1. The molecule has 1 aromatic carbocycles. The summed E-state index contributed by atoms with van der Waals surface area (Å²) < 4.78 is 5.12. The first kappa shape index (κ1) is 16.3. The summed E-state index contributed by atoms with van der Waals surface area (Å²) in [6.07, 6.45) is 1.24. The van der Waals surface area contributed by atoms with Crippen molar-refractivity contribution in [3.8, 4) is 0 Å². The third-order valence-corrected chi connectivity index (χ3v) is 4.87. The van der Waals surface area contributed by atoms with E-state index < -0.39 is 11.4 Å². The highest BCUT2D eigenvalue weighted by molar-refractivity contribution is 6.31. The lowest BCUT2D eigenvalue weighted by molar-refractivity contribution is -0.156. The first-order valence-electron chi connectivity index (χ1n) is 7.17. The topological polar surface area (TPSA) is 49.8 Å². The number of carboxylic acids is 1. The van der Waals surface area contributed by atoms with Crippen molar-refractivity contribution in [2.75, 3.05) is 26.8 Å². The number of aliphatic carboxylic acids is 1. The Kier molecular flexibility index (Phi) is 5.25. The van der Waals surface area contributed by atoms with Gasteiger partial charge in [0.1, 0.15) is 0 Å². The van der Waals surface area contributed by atoms with Crippen LogP contribution >= 0.6 is 11.6 Å². The summed E-state index contributed by atoms with van der Waals surface area (Å²) in [5.41, 5.74) is 1.58. The highest BCUT2D eigenvalue weighted by atomic mass is 35.5. The summed E-state index contributed by atoms with van der Waals surface area (Å²) in [6.45, 7) is 4.65. The van der Waals surface area contributed by atoms with Crippen molar-refractivity contribution in [3.05, 3.63) is 34.3 Å². The summed E-state index contributed by atoms with van der Waals surface area (Å²) in [6, 6.07) is 5.93. The minimum absolute atomic E-state index is 0.284. The molecule has 1 fully saturated rings. The van der Waals surface area contributed by atoms with Crippen molar-refractivity contribution in [1.82, 2.24) is 4.90 Å². The molecule has 0 saturated carbocycles. The van der Waals surface area contributed by atoms with Crippen LogP contribution in [0.1, 0.15) is 24.0 Å². The van der Waals surface area contributed by atoms with Gasteiger partial charge < -0.3 is 9.84 Å². The maximum atomic E-state index is 11.5. The molecule has 2 rings (SSSR count). The van der Waals surface area contributed by atoms with Gasteiger partial charge in [-0.1, -0.05) is 23.7 Å². The zero-order chi connectivity index (χ0) is 15.5. The van der Waals surface area contributed by atoms with Gasteiger partial charge in [0, 0.05) is 18.7 Å². The number of hydrogen-bond donors (Lipinski definition) is 1. The van der Waals surface area contributed by atoms with E-state index in [0.717, 1.165) is 30.2 Å². The van der Waals surface area contributed by atoms with Crippen LogP contribution in [0.25, 0.3) is 0 Å². The van der Waals surface area contributed by atoms with Crippen LogP contribution in [-0.4, -0.2) is 42.8 Å². The van der Waals surface area contributed by atoms with E-state index >= 15 is 0 Å². The normalized spacial score (nSPS) is 18.6. The van der Waals surface area contributed by atoms with E-state index in [4.69, 9.17) is 16.3 Å². The first-order chi connectivity index (χ1) is 9.98. The van der Waals surface area contributed by atoms with Gasteiger partial charge in [-0.3, -0.25) is 9.69 Å². The molecule has 21 heavy (non-hydrogen) atoms. The van der Waals surface area contributed by atoms with Crippen LogP contribution in [0.2, 0.25) is 5.02 Å². The monoisotopic (exact) mass is 311 g/mol. The third-order valence-electron chi connectivity index (χ3n) is 4.46. The maximum absolute atomic E-state index is 11.5. The summed E-state index contributed by atoms with van der Waals surface area (Å²) in [5, 5.41) is 10.2. The van der Waals surface area contributed by atoms with Gasteiger partial charge in [-0.15, -0.1) is 0 Å². The van der Waals surface area contributed by atoms with E-state index in [2.05, 4.69) is 11.0 Å². The highest BCUT2D eigenvalue weighted by Crippen LogP contribution is 2.33. The Morgan fingerprint density at radius 3 is 2.67 bits per heavy atom. The van der Waals surface area contributed by atoms with Gasteiger partial charge in [-0.25, -0.2) is 0 Å². The predicted molar refractivity (Wildman–Crippen MR) is 82.6 cm³/mol. The van der Waals surface area contributed by atoms with Crippen molar-refractivity contribution in [1.29, 1.82) is 0 Å². The Morgan fingerprint density at radius 1 is 1.43 bits per heavy atom. The number of carboxylic acid groups (broad SMARTS) is 1. The van der Waals surface area contributed by atoms with Gasteiger partial charge in [0.05, 0.1) is 12.0 Å². The Labute approximate surface area is 130 Å². The molecule has 1 aliphatic rings.